The van der Waals surface area contributed by atoms with Crippen LogP contribution in [0, 0.1) is 0 Å². The maximum atomic E-state index is 12.6. The summed E-state index contributed by atoms with van der Waals surface area (Å²) in [5, 5.41) is 4.10. The monoisotopic (exact) mass is 390 g/mol. The van der Waals surface area contributed by atoms with Gasteiger partial charge in [0.05, 0.1) is 0 Å². The molecule has 2 aromatic rings. The molecule has 6 heteroatoms. The Morgan fingerprint density at radius 1 is 1.12 bits per heavy atom. The summed E-state index contributed by atoms with van der Waals surface area (Å²) in [6, 6.07) is 14.0. The Morgan fingerprint density at radius 2 is 1.88 bits per heavy atom. The van der Waals surface area contributed by atoms with Crippen molar-refractivity contribution in [2.45, 2.75) is 25.3 Å². The molecule has 0 aliphatic carbocycles. The third-order valence-corrected chi connectivity index (χ3v) is 5.13. The summed E-state index contributed by atoms with van der Waals surface area (Å²) < 4.78 is 0. The molecule has 1 N–H and O–H groups in total. The van der Waals surface area contributed by atoms with Gasteiger partial charge in [0.15, 0.2) is 0 Å². The second kappa shape index (κ2) is 8.56. The van der Waals surface area contributed by atoms with Crippen LogP contribution in [0.2, 0.25) is 10.0 Å². The molecule has 2 amide bonds. The molecule has 1 unspecified atom stereocenters. The highest BCUT2D eigenvalue weighted by molar-refractivity contribution is 6.35. The van der Waals surface area contributed by atoms with Crippen molar-refractivity contribution in [2.24, 2.45) is 0 Å². The summed E-state index contributed by atoms with van der Waals surface area (Å²) >= 11 is 12.0. The van der Waals surface area contributed by atoms with Crippen molar-refractivity contribution < 1.29 is 9.59 Å². The molecule has 0 saturated carbocycles. The number of nitrogens with zero attached hydrogens (tertiary/aromatic N) is 1. The van der Waals surface area contributed by atoms with Gasteiger partial charge in [0.2, 0.25) is 5.91 Å². The molecule has 1 heterocycles. The molecule has 0 aromatic heterocycles. The fourth-order valence-corrected chi connectivity index (χ4v) is 3.69. The van der Waals surface area contributed by atoms with E-state index in [1.165, 1.54) is 0 Å². The van der Waals surface area contributed by atoms with E-state index in [9.17, 15) is 9.59 Å². The first-order valence-electron chi connectivity index (χ1n) is 8.64. The number of amides is 2. The minimum Gasteiger partial charge on any atom is -0.354 e. The number of carbonyl (C=O) groups is 2. The zero-order chi connectivity index (χ0) is 18.5. The van der Waals surface area contributed by atoms with E-state index in [-0.39, 0.29) is 11.8 Å². The van der Waals surface area contributed by atoms with E-state index in [1.54, 1.807) is 29.2 Å². The van der Waals surface area contributed by atoms with E-state index in [2.05, 4.69) is 5.32 Å². The Bertz CT molecular complexity index is 796. The number of benzene rings is 2. The first kappa shape index (κ1) is 18.7. The van der Waals surface area contributed by atoms with Gasteiger partial charge < -0.3 is 10.2 Å². The second-order valence-corrected chi connectivity index (χ2v) is 7.14. The molecule has 3 rings (SSSR count). The molecule has 0 bridgehead atoms. The van der Waals surface area contributed by atoms with Crippen LogP contribution >= 0.6 is 23.2 Å². The van der Waals surface area contributed by atoms with E-state index in [0.29, 0.717) is 41.5 Å². The van der Waals surface area contributed by atoms with Crippen LogP contribution in [0.3, 0.4) is 0 Å². The number of halogens is 2. The summed E-state index contributed by atoms with van der Waals surface area (Å²) in [4.78, 5) is 26.9. The van der Waals surface area contributed by atoms with Gasteiger partial charge in [-0.3, -0.25) is 9.59 Å². The highest BCUT2D eigenvalue weighted by Gasteiger charge is 2.34. The van der Waals surface area contributed by atoms with E-state index in [0.717, 1.165) is 12.0 Å². The number of carbonyl (C=O) groups excluding carboxylic acids is 2. The summed E-state index contributed by atoms with van der Waals surface area (Å²) in [6.45, 7) is 1.07. The third-order valence-electron chi connectivity index (χ3n) is 4.55. The average molecular weight is 391 g/mol. The topological polar surface area (TPSA) is 49.4 Å². The second-order valence-electron chi connectivity index (χ2n) is 6.30. The summed E-state index contributed by atoms with van der Waals surface area (Å²) in [7, 11) is 0. The van der Waals surface area contributed by atoms with Crippen LogP contribution in [-0.2, 0) is 11.2 Å². The zero-order valence-corrected chi connectivity index (χ0v) is 15.8. The Labute approximate surface area is 163 Å². The van der Waals surface area contributed by atoms with Crippen molar-refractivity contribution in [3.63, 3.8) is 0 Å². The molecule has 1 aliphatic rings. The Hall–Kier alpha value is -2.04. The Kier molecular flexibility index (Phi) is 6.17. The van der Waals surface area contributed by atoms with Crippen molar-refractivity contribution in [2.75, 3.05) is 13.1 Å². The molecule has 2 aromatic carbocycles. The molecular weight excluding hydrogens is 371 g/mol. The molecule has 0 radical (unpaired) electrons. The molecular formula is C20H20Cl2N2O2. The first-order chi connectivity index (χ1) is 12.6. The lowest BCUT2D eigenvalue weighted by atomic mass is 10.1. The molecule has 0 spiro atoms. The Balaban J connectivity index is 1.57. The zero-order valence-electron chi connectivity index (χ0n) is 14.3. The van der Waals surface area contributed by atoms with Crippen LogP contribution < -0.4 is 5.32 Å². The lowest BCUT2D eigenvalue weighted by Crippen LogP contribution is -2.46. The van der Waals surface area contributed by atoms with E-state index < -0.39 is 6.04 Å². The summed E-state index contributed by atoms with van der Waals surface area (Å²) in [6.07, 6.45) is 2.13. The van der Waals surface area contributed by atoms with E-state index in [1.807, 2.05) is 24.3 Å². The van der Waals surface area contributed by atoms with Gasteiger partial charge in [0.25, 0.3) is 5.91 Å². The molecule has 1 atom stereocenters. The molecule has 26 heavy (non-hydrogen) atoms. The number of rotatable bonds is 5. The number of hydrogen-bond acceptors (Lipinski definition) is 2. The quantitative estimate of drug-likeness (QED) is 0.839. The maximum absolute atomic E-state index is 12.6. The lowest BCUT2D eigenvalue weighted by molar-refractivity contribution is -0.124. The molecule has 4 nitrogen and oxygen atoms in total. The molecule has 136 valence electrons. The van der Waals surface area contributed by atoms with Crippen LogP contribution in [0.4, 0.5) is 0 Å². The van der Waals surface area contributed by atoms with Gasteiger partial charge in [-0.05, 0) is 49.1 Å². The van der Waals surface area contributed by atoms with Crippen molar-refractivity contribution in [1.82, 2.24) is 10.2 Å². The third kappa shape index (κ3) is 4.37. The highest BCUT2D eigenvalue weighted by atomic mass is 35.5. The van der Waals surface area contributed by atoms with Gasteiger partial charge in [-0.2, -0.15) is 0 Å². The normalized spacial score (nSPS) is 16.5. The van der Waals surface area contributed by atoms with Crippen molar-refractivity contribution >= 4 is 35.0 Å². The lowest BCUT2D eigenvalue weighted by Gasteiger charge is -2.24. The molecule has 1 aliphatic heterocycles. The van der Waals surface area contributed by atoms with Gasteiger partial charge in [-0.15, -0.1) is 0 Å². The smallest absolute Gasteiger partial charge is 0.254 e. The van der Waals surface area contributed by atoms with E-state index in [4.69, 9.17) is 23.2 Å². The maximum Gasteiger partial charge on any atom is 0.254 e. The molecule has 1 fully saturated rings. The number of hydrogen-bond donors (Lipinski definition) is 1. The van der Waals surface area contributed by atoms with Crippen molar-refractivity contribution in [3.05, 3.63) is 69.7 Å². The summed E-state index contributed by atoms with van der Waals surface area (Å²) in [5.41, 5.74) is 1.54. The predicted molar refractivity (Wildman–Crippen MR) is 104 cm³/mol. The van der Waals surface area contributed by atoms with Crippen LogP contribution in [0.1, 0.15) is 28.8 Å². The SMILES string of the molecule is O=C(NCCc1ccc(Cl)cc1Cl)C1CCCN1C(=O)c1ccccc1. The van der Waals surface area contributed by atoms with Crippen LogP contribution in [0.5, 0.6) is 0 Å². The van der Waals surface area contributed by atoms with Crippen molar-refractivity contribution in [1.29, 1.82) is 0 Å². The molecule has 1 saturated heterocycles. The summed E-state index contributed by atoms with van der Waals surface area (Å²) in [5.74, 6) is -0.208. The number of nitrogens with one attached hydrogen (secondary N) is 1. The number of likely N-dealkylation sites (tertiary alicyclic amines) is 1. The average Bonchev–Trinajstić information content (AvgIpc) is 3.13. The van der Waals surface area contributed by atoms with Crippen molar-refractivity contribution in [3.8, 4) is 0 Å². The van der Waals surface area contributed by atoms with Gasteiger partial charge in [0, 0.05) is 28.7 Å². The van der Waals surface area contributed by atoms with Crippen LogP contribution in [0.15, 0.2) is 48.5 Å². The predicted octanol–water partition coefficient (Wildman–Crippen LogP) is 3.96. The standard InChI is InChI=1S/C20H20Cl2N2O2/c21-16-9-8-14(17(22)13-16)10-11-23-19(25)18-7-4-12-24(18)20(26)15-5-2-1-3-6-15/h1-3,5-6,8-9,13,18H,4,7,10-12H2,(H,23,25). The van der Waals surface area contributed by atoms with Gasteiger partial charge in [0.1, 0.15) is 6.04 Å². The van der Waals surface area contributed by atoms with Crippen LogP contribution in [-0.4, -0.2) is 35.8 Å². The first-order valence-corrected chi connectivity index (χ1v) is 9.39. The minimum atomic E-state index is -0.414. The van der Waals surface area contributed by atoms with Gasteiger partial charge in [-0.25, -0.2) is 0 Å². The highest BCUT2D eigenvalue weighted by Crippen LogP contribution is 2.22. The van der Waals surface area contributed by atoms with Crippen LogP contribution in [0.25, 0.3) is 0 Å². The van der Waals surface area contributed by atoms with Gasteiger partial charge >= 0.3 is 0 Å². The largest absolute Gasteiger partial charge is 0.354 e. The fraction of sp³-hybridized carbons (Fsp3) is 0.300. The Morgan fingerprint density at radius 3 is 2.62 bits per heavy atom. The van der Waals surface area contributed by atoms with Gasteiger partial charge in [-0.1, -0.05) is 47.5 Å². The van der Waals surface area contributed by atoms with E-state index >= 15 is 0 Å². The minimum absolute atomic E-state index is 0.0935. The fourth-order valence-electron chi connectivity index (χ4n) is 3.19.